The van der Waals surface area contributed by atoms with Crippen molar-refractivity contribution < 1.29 is 65.7 Å². The molecule has 3 unspecified atom stereocenters. The summed E-state index contributed by atoms with van der Waals surface area (Å²) in [6.07, 6.45) is 12.9. The van der Waals surface area contributed by atoms with Crippen molar-refractivity contribution in [2.45, 2.75) is 100 Å². The molecule has 1 aliphatic carbocycles. The fourth-order valence-corrected chi connectivity index (χ4v) is 2.85. The van der Waals surface area contributed by atoms with Crippen LogP contribution in [-0.2, 0) is 26.2 Å². The Hall–Kier alpha value is 0.156. The second-order valence-corrected chi connectivity index (χ2v) is 11.9. The van der Waals surface area contributed by atoms with E-state index in [9.17, 15) is 39.5 Å². The molecule has 1 rings (SSSR count). The van der Waals surface area contributed by atoms with Crippen LogP contribution < -0.4 is 0 Å². The van der Waals surface area contributed by atoms with Crippen molar-refractivity contribution in [3.05, 3.63) is 41.5 Å². The molecule has 0 fully saturated rings. The molecule has 0 spiro atoms. The van der Waals surface area contributed by atoms with Crippen molar-refractivity contribution in [2.75, 3.05) is 0 Å². The zero-order valence-corrected chi connectivity index (χ0v) is 24.8. The molecule has 0 heterocycles. The molecular weight excluding hydrogens is 617 g/mol. The van der Waals surface area contributed by atoms with Gasteiger partial charge in [-0.1, -0.05) is 60.8 Å². The molecule has 3 atom stereocenters. The summed E-state index contributed by atoms with van der Waals surface area (Å²) < 4.78 is 102. The first-order chi connectivity index (χ1) is 14.7. The first-order valence-corrected chi connectivity index (χ1v) is 13.3. The summed E-state index contributed by atoms with van der Waals surface area (Å²) in [5.41, 5.74) is 20.5. The number of nitrogens with one attached hydrogen (secondary N) is 3. The molecule has 3 nitrogen and oxygen atoms in total. The number of allylic oxidation sites excluding steroid dienone is 4. The van der Waals surface area contributed by atoms with Gasteiger partial charge in [-0.05, 0) is 0 Å². The molecule has 0 bridgehead atoms. The van der Waals surface area contributed by atoms with Crippen LogP contribution in [0, 0.1) is 6.08 Å². The molecule has 0 aromatic rings. The van der Waals surface area contributed by atoms with Gasteiger partial charge in [0.05, 0.1) is 0 Å². The van der Waals surface area contributed by atoms with Gasteiger partial charge >= 0.3 is 95.1 Å². The minimum atomic E-state index is -7.10. The molecule has 0 saturated heterocycles. The van der Waals surface area contributed by atoms with Crippen molar-refractivity contribution >= 4 is 14.3 Å². The monoisotopic (exact) mass is 652 g/mol. The van der Waals surface area contributed by atoms with E-state index in [1.54, 1.807) is 0 Å². The summed E-state index contributed by atoms with van der Waals surface area (Å²) in [6.45, 7) is 11.7. The summed E-state index contributed by atoms with van der Waals surface area (Å²) in [6, 6.07) is 0.403. The van der Waals surface area contributed by atoms with Gasteiger partial charge in [-0.3, -0.25) is 6.08 Å². The molecule has 1 aliphatic rings. The number of hydrogen-bond acceptors (Lipinski definition) is 0. The normalized spacial score (nSPS) is 15.0. The van der Waals surface area contributed by atoms with Crippen molar-refractivity contribution in [3.63, 3.8) is 0 Å². The fraction of sp³-hybridized carbons (Fsp3) is 0.800. The smallest absolute Gasteiger partial charge is 0.273 e. The molecule has 14 heteroatoms. The third-order valence-corrected chi connectivity index (χ3v) is 6.84. The van der Waals surface area contributed by atoms with Crippen LogP contribution >= 0.6 is 0 Å². The third-order valence-electron chi connectivity index (χ3n) is 3.27. The van der Waals surface area contributed by atoms with E-state index < -0.39 is 29.4 Å². The van der Waals surface area contributed by atoms with Crippen LogP contribution in [0.5, 0.6) is 0 Å². The topological polar surface area (TPSA) is 71.4 Å². The van der Waals surface area contributed by atoms with E-state index in [-0.39, 0.29) is 44.3 Å². The second-order valence-electron chi connectivity index (χ2n) is 6.80. The Balaban J connectivity index is -0.000000112. The maximum Gasteiger partial charge on any atom is 4.00 e. The van der Waals surface area contributed by atoms with E-state index in [1.165, 1.54) is 0 Å². The quantitative estimate of drug-likeness (QED) is 0.166. The maximum absolute atomic E-state index is 11.3. The van der Waals surface area contributed by atoms with Gasteiger partial charge in [-0.15, -0.1) is 24.5 Å². The van der Waals surface area contributed by atoms with Crippen LogP contribution in [0.4, 0.5) is 39.5 Å². The van der Waals surface area contributed by atoms with E-state index >= 15 is 0 Å². The number of rotatable bonds is 3. The Labute approximate surface area is 221 Å². The van der Waals surface area contributed by atoms with Crippen LogP contribution in [0.15, 0.2) is 18.2 Å². The average molecular weight is 652 g/mol. The van der Waals surface area contributed by atoms with Gasteiger partial charge < -0.3 is 17.2 Å². The molecule has 34 heavy (non-hydrogen) atoms. The average Bonchev–Trinajstić information content (AvgIpc) is 3.19. The van der Waals surface area contributed by atoms with Crippen molar-refractivity contribution in [3.8, 4) is 0 Å². The van der Waals surface area contributed by atoms with E-state index in [1.807, 2.05) is 53.7 Å². The molecule has 0 amide bonds. The first-order valence-electron chi connectivity index (χ1n) is 10.1. The molecule has 0 aromatic heterocycles. The molecular formula is C20H35F9GeN3Zr. The van der Waals surface area contributed by atoms with Gasteiger partial charge in [-0.25, -0.2) is 12.2 Å². The van der Waals surface area contributed by atoms with Crippen LogP contribution in [0.25, 0.3) is 17.2 Å². The van der Waals surface area contributed by atoms with Crippen LogP contribution in [0.1, 0.15) is 67.2 Å². The van der Waals surface area contributed by atoms with Crippen molar-refractivity contribution in [1.29, 1.82) is 0 Å². The Bertz CT molecular complexity index is 429. The maximum atomic E-state index is 11.3. The van der Waals surface area contributed by atoms with Crippen LogP contribution in [-0.4, -0.2) is 47.5 Å². The number of halogens is 9. The Morgan fingerprint density at radius 3 is 0.971 bits per heavy atom. The second kappa shape index (κ2) is 23.5. The van der Waals surface area contributed by atoms with E-state index in [2.05, 4.69) is 12.2 Å². The standard InChI is InChI=1S/C5H5.3C4H10N.C3F9Ge.Zr/c1-2-4-5-3-1;3*1-3-4(2)5;4-1(5,6)13(2(7,8)9)3(10,11)12;/h1-3H,4H2;3*4-5H,3H2,1-2H3;;/q4*-1;;+4. The fourth-order valence-electron chi connectivity index (χ4n) is 0.822. The molecule has 3 N–H and O–H groups in total. The Morgan fingerprint density at radius 2 is 0.941 bits per heavy atom. The molecule has 0 saturated carbocycles. The SMILES string of the molecule is CCC(C)[NH-].CCC(C)[NH-].CCC(C)[NH-].F[C](F)(F)[Ge]([C](F)(F)F)[C](F)(F)F.[C-]1=CC=CC1.[Zr+4]. The molecule has 0 aliphatic heterocycles. The first kappa shape index (κ1) is 44.2. The van der Waals surface area contributed by atoms with Gasteiger partial charge in [0.1, 0.15) is 0 Å². The van der Waals surface area contributed by atoms with Crippen LogP contribution in [0.2, 0.25) is 0 Å². The van der Waals surface area contributed by atoms with E-state index in [0.29, 0.717) is 0 Å². The number of hydrogen-bond donors (Lipinski definition) is 0. The third kappa shape index (κ3) is 36.7. The van der Waals surface area contributed by atoms with Gasteiger partial charge in [-0.2, -0.15) is 6.08 Å². The zero-order valence-electron chi connectivity index (χ0n) is 20.2. The summed E-state index contributed by atoms with van der Waals surface area (Å²) in [7, 11) is 0. The van der Waals surface area contributed by atoms with Gasteiger partial charge in [0, 0.05) is 0 Å². The molecule has 201 valence electrons. The van der Waals surface area contributed by atoms with Gasteiger partial charge in [0.15, 0.2) is 0 Å². The zero-order chi connectivity index (χ0) is 27.5. The van der Waals surface area contributed by atoms with E-state index in [4.69, 9.17) is 17.2 Å². The number of alkyl halides is 9. The largest absolute Gasteiger partial charge is 4.00 e. The van der Waals surface area contributed by atoms with Crippen molar-refractivity contribution in [2.24, 2.45) is 0 Å². The minimum Gasteiger partial charge on any atom is -0.273 e. The van der Waals surface area contributed by atoms with Crippen LogP contribution in [0.3, 0.4) is 0 Å². The summed E-state index contributed by atoms with van der Waals surface area (Å²) in [5.74, 6) is 0. The van der Waals surface area contributed by atoms with Crippen molar-refractivity contribution in [1.82, 2.24) is 0 Å². The Kier molecular flexibility index (Phi) is 30.6. The van der Waals surface area contributed by atoms with Gasteiger partial charge in [0.2, 0.25) is 0 Å². The van der Waals surface area contributed by atoms with Gasteiger partial charge in [0.25, 0.3) is 0 Å². The predicted molar refractivity (Wildman–Crippen MR) is 118 cm³/mol. The molecule has 1 radical (unpaired) electrons. The Morgan fingerprint density at radius 1 is 0.706 bits per heavy atom. The molecule has 0 aromatic carbocycles. The summed E-state index contributed by atoms with van der Waals surface area (Å²) >= 11 is -7.10. The minimum absolute atomic E-state index is 0. The summed E-state index contributed by atoms with van der Waals surface area (Å²) in [4.78, 5) is 0. The summed E-state index contributed by atoms with van der Waals surface area (Å²) in [5, 5.41) is -18.6. The predicted octanol–water partition coefficient (Wildman–Crippen LogP) is 9.60. The van der Waals surface area contributed by atoms with E-state index in [0.717, 1.165) is 25.7 Å².